The normalized spacial score (nSPS) is 17.5. The molecule has 4 aliphatic carbocycles. The van der Waals surface area contributed by atoms with E-state index in [2.05, 4.69) is 4.40 Å². The van der Waals surface area contributed by atoms with Gasteiger partial charge in [0.15, 0.2) is 0 Å². The zero-order valence-corrected chi connectivity index (χ0v) is 57.9. The van der Waals surface area contributed by atoms with E-state index in [-0.39, 0.29) is 81.9 Å². The molecule has 0 saturated heterocycles. The molecule has 4 aliphatic rings. The lowest BCUT2D eigenvalue weighted by molar-refractivity contribution is -0.155. The number of ether oxygens (including phenoxy) is 1. The summed E-state index contributed by atoms with van der Waals surface area (Å²) in [5.74, 6) is 0.954. The highest BCUT2D eigenvalue weighted by Crippen LogP contribution is 2.48. The highest BCUT2D eigenvalue weighted by Gasteiger charge is 2.39. The summed E-state index contributed by atoms with van der Waals surface area (Å²) in [7, 11) is -1.92. The van der Waals surface area contributed by atoms with Gasteiger partial charge in [-0.2, -0.15) is 0 Å². The second-order valence-corrected chi connectivity index (χ2v) is 35.3. The minimum absolute atomic E-state index is 0. The Morgan fingerprint density at radius 2 is 0.852 bits per heavy atom. The van der Waals surface area contributed by atoms with Gasteiger partial charge in [-0.1, -0.05) is 94.1 Å². The number of rotatable bonds is 16. The fraction of sp³-hybridized carbons (Fsp3) is 0.529. The van der Waals surface area contributed by atoms with Crippen molar-refractivity contribution in [1.82, 2.24) is 0 Å². The van der Waals surface area contributed by atoms with Crippen LogP contribution in [0.1, 0.15) is 200 Å². The molecule has 7 atom stereocenters. The molecule has 9 rings (SSSR count). The van der Waals surface area contributed by atoms with Crippen LogP contribution in [0.4, 0.5) is 22.0 Å². The maximum Gasteiger partial charge on any atom is 0.306 e. The Bertz CT molecular complexity index is 3100. The number of hydrogen-bond donors (Lipinski definition) is 1. The third-order valence-electron chi connectivity index (χ3n) is 14.7. The highest BCUT2D eigenvalue weighted by atomic mass is 35.5. The van der Waals surface area contributed by atoms with E-state index in [1.165, 1.54) is 42.6 Å². The van der Waals surface area contributed by atoms with Gasteiger partial charge in [0, 0.05) is 103 Å². The number of nitrogens with zero attached hydrogens (tertiary/aromatic N) is 1. The molecule has 0 aliphatic heterocycles. The third kappa shape index (κ3) is 26.1. The van der Waals surface area contributed by atoms with Gasteiger partial charge in [0.05, 0.1) is 12.6 Å². The van der Waals surface area contributed by atoms with E-state index in [1.54, 1.807) is 75.4 Å². The molecule has 0 radical (unpaired) electrons. The molecule has 0 amide bonds. The monoisotopic (exact) mass is 1380 g/mol. The molecule has 4 fully saturated rings. The van der Waals surface area contributed by atoms with Crippen LogP contribution < -0.4 is 5.73 Å². The third-order valence-corrected chi connectivity index (χ3v) is 21.3. The lowest BCUT2D eigenvalue weighted by Gasteiger charge is -2.23. The van der Waals surface area contributed by atoms with Crippen LogP contribution in [0.15, 0.2) is 95.4 Å². The number of halogens is 10. The quantitative estimate of drug-likeness (QED) is 0.0454. The van der Waals surface area contributed by atoms with Crippen LogP contribution in [0.3, 0.4) is 0 Å². The van der Waals surface area contributed by atoms with Crippen molar-refractivity contribution in [2.45, 2.75) is 192 Å². The van der Waals surface area contributed by atoms with Gasteiger partial charge >= 0.3 is 5.97 Å². The van der Waals surface area contributed by atoms with E-state index in [0.29, 0.717) is 82.5 Å². The molecule has 5 aromatic rings. The number of benzene rings is 5. The van der Waals surface area contributed by atoms with Crippen LogP contribution in [0.2, 0.25) is 25.1 Å². The first-order valence-corrected chi connectivity index (χ1v) is 34.9. The SMILES string of the molecule is C.CC(C)(C)OC(=O)C[C@@H](c1ccc(Cl)cc1F)C1CC1.CC(C)(C)[S+]([O-])N=Cc1ccc(Cl)cc1F.CC(C)(C)[S@](=O)C[C@@H](c1ccc(Cl)cc1F)C1CC1.CC(C)(C)[S@](=O)C[C@H](c1ccc(Cl)cc1F)C1CC1.N[C@@H](c1ccc(Cl)cc1F)C1CC1. The standard InChI is InChI=1S/C16H20ClFO2.2C15H20ClFOS.C11H13ClFNOS.C10H11ClFN.CH4/c1-16(2,3)20-15(19)9-13(10-4-5-10)12-7-6-11(17)8-14(12)18;2*1-15(2,3)19(18)9-13(10-4-5-10)12-7-6-11(16)8-14(12)17;1-11(2,3)16(15)14-7-8-4-5-9(12)6-10(8)13;11-7-3-4-8(9(12)5-7)10(13)6-1-2-6;/h6-8,10,13H,4-5,9H2,1-3H3;2*6-8,10,13H,4-5,9H2,1-3H3;4-7H,1-3H3;3-6,10H,1-2,13H2;1H4/t13-;13-,19+;13-,19-;;10-;/m101.1./s1. The topological polar surface area (TPSA) is 122 Å². The zero-order chi connectivity index (χ0) is 65.1. The number of carbonyl (C=O) groups is 1. The Balaban J connectivity index is 0.000000236. The maximum absolute atomic E-state index is 14.1. The summed E-state index contributed by atoms with van der Waals surface area (Å²) in [6, 6.07) is 23.1. The van der Waals surface area contributed by atoms with Gasteiger partial charge in [-0.15, -0.1) is 0 Å². The molecule has 1 unspecified atom stereocenters. The van der Waals surface area contributed by atoms with Crippen molar-refractivity contribution in [2.75, 3.05) is 11.5 Å². The minimum atomic E-state index is -1.38. The Kier molecular flexibility index (Phi) is 29.6. The highest BCUT2D eigenvalue weighted by molar-refractivity contribution is 7.91. The molecule has 488 valence electrons. The van der Waals surface area contributed by atoms with Gasteiger partial charge < -0.3 is 15.0 Å². The summed E-state index contributed by atoms with van der Waals surface area (Å²) in [4.78, 5) is 12.0. The fourth-order valence-corrected chi connectivity index (χ4v) is 13.0. The van der Waals surface area contributed by atoms with Gasteiger partial charge in [0.2, 0.25) is 0 Å². The Morgan fingerprint density at radius 3 is 1.15 bits per heavy atom. The first-order valence-electron chi connectivity index (χ1n) is 29.3. The van der Waals surface area contributed by atoms with E-state index < -0.39 is 49.1 Å². The number of nitrogens with two attached hydrogens (primary N) is 1. The molecule has 0 spiro atoms. The van der Waals surface area contributed by atoms with Gasteiger partial charge in [-0.25, -0.2) is 22.0 Å². The predicted molar refractivity (Wildman–Crippen MR) is 361 cm³/mol. The molecular formula is C68H88Cl5F5N2O5S3. The van der Waals surface area contributed by atoms with E-state index >= 15 is 0 Å². The van der Waals surface area contributed by atoms with Crippen LogP contribution >= 0.6 is 58.0 Å². The van der Waals surface area contributed by atoms with Gasteiger partial charge in [-0.3, -0.25) is 13.2 Å². The summed E-state index contributed by atoms with van der Waals surface area (Å²) in [5.41, 5.74) is 8.14. The van der Waals surface area contributed by atoms with Crippen molar-refractivity contribution in [1.29, 1.82) is 0 Å². The predicted octanol–water partition coefficient (Wildman–Crippen LogP) is 20.6. The van der Waals surface area contributed by atoms with Crippen LogP contribution in [-0.4, -0.2) is 56.5 Å². The summed E-state index contributed by atoms with van der Waals surface area (Å²) < 4.78 is 113. The van der Waals surface area contributed by atoms with E-state index in [9.17, 15) is 39.7 Å². The summed E-state index contributed by atoms with van der Waals surface area (Å²) in [6.07, 6.45) is 10.2. The maximum atomic E-state index is 14.1. The van der Waals surface area contributed by atoms with Crippen LogP contribution in [0.5, 0.6) is 0 Å². The lowest BCUT2D eigenvalue weighted by atomic mass is 9.90. The minimum Gasteiger partial charge on any atom is -0.591 e. The average molecular weight is 1380 g/mol. The van der Waals surface area contributed by atoms with E-state index in [0.717, 1.165) is 51.4 Å². The number of hydrogen-bond acceptors (Lipinski definition) is 7. The second-order valence-electron chi connectivity index (χ2n) is 26.7. The summed E-state index contributed by atoms with van der Waals surface area (Å²) >= 11 is 27.2. The fourth-order valence-electron chi connectivity index (χ4n) is 9.13. The molecule has 5 aromatic carbocycles. The number of esters is 1. The molecule has 0 bridgehead atoms. The van der Waals surface area contributed by atoms with E-state index in [4.69, 9.17) is 68.5 Å². The molecule has 20 heteroatoms. The summed E-state index contributed by atoms with van der Waals surface area (Å²) in [6.45, 7) is 22.7. The first-order chi connectivity index (χ1) is 40.3. The average Bonchev–Trinajstić information content (AvgIpc) is 1.88. The molecule has 88 heavy (non-hydrogen) atoms. The van der Waals surface area contributed by atoms with Crippen molar-refractivity contribution in [3.63, 3.8) is 0 Å². The van der Waals surface area contributed by atoms with Crippen molar-refractivity contribution in [2.24, 2.45) is 33.8 Å². The molecular weight excluding hydrogens is 1290 g/mol. The van der Waals surface area contributed by atoms with Gasteiger partial charge in [0.1, 0.15) is 50.8 Å². The largest absolute Gasteiger partial charge is 0.591 e. The van der Waals surface area contributed by atoms with Crippen molar-refractivity contribution >= 4 is 103 Å². The van der Waals surface area contributed by atoms with Crippen molar-refractivity contribution in [3.8, 4) is 0 Å². The lowest BCUT2D eigenvalue weighted by Crippen LogP contribution is -2.27. The zero-order valence-electron chi connectivity index (χ0n) is 51.7. The molecule has 0 heterocycles. The van der Waals surface area contributed by atoms with Crippen LogP contribution in [0, 0.1) is 52.8 Å². The summed E-state index contributed by atoms with van der Waals surface area (Å²) in [5, 5.41) is 1.94. The second kappa shape index (κ2) is 33.7. The molecule has 4 saturated carbocycles. The number of carbonyl (C=O) groups excluding carboxylic acids is 1. The smallest absolute Gasteiger partial charge is 0.306 e. The van der Waals surface area contributed by atoms with Crippen LogP contribution in [0.25, 0.3) is 0 Å². The van der Waals surface area contributed by atoms with E-state index in [1.807, 2.05) is 62.3 Å². The molecule has 0 aromatic heterocycles. The molecule has 2 N–H and O–H groups in total. The van der Waals surface area contributed by atoms with Crippen molar-refractivity contribution in [3.05, 3.63) is 173 Å². The molecule has 7 nitrogen and oxygen atoms in total. The van der Waals surface area contributed by atoms with Crippen molar-refractivity contribution < 1.29 is 44.5 Å². The Hall–Kier alpha value is -3.09. The Morgan fingerprint density at radius 1 is 0.545 bits per heavy atom. The van der Waals surface area contributed by atoms with Gasteiger partial charge in [-0.05, 0) is 242 Å². The Labute approximate surface area is 553 Å². The first kappa shape index (κ1) is 77.4. The van der Waals surface area contributed by atoms with Gasteiger partial charge in [0.25, 0.3) is 0 Å². The van der Waals surface area contributed by atoms with Crippen LogP contribution in [-0.2, 0) is 42.5 Å².